The lowest BCUT2D eigenvalue weighted by Gasteiger charge is -2.27. The molecular formula is C19H27N3O4. The molecule has 0 radical (unpaired) electrons. The Labute approximate surface area is 154 Å². The number of para-hydroxylation sites is 1. The number of amides is 3. The van der Waals surface area contributed by atoms with Gasteiger partial charge >= 0.3 is 12.0 Å². The lowest BCUT2D eigenvalue weighted by Crippen LogP contribution is -2.53. The number of urea groups is 1. The smallest absolute Gasteiger partial charge is 0.315 e. The van der Waals surface area contributed by atoms with Gasteiger partial charge < -0.3 is 20.3 Å². The summed E-state index contributed by atoms with van der Waals surface area (Å²) in [6, 6.07) is 6.71. The Morgan fingerprint density at radius 1 is 1.23 bits per heavy atom. The fourth-order valence-corrected chi connectivity index (χ4v) is 2.95. The first-order chi connectivity index (χ1) is 12.4. The van der Waals surface area contributed by atoms with Crippen LogP contribution in [0.2, 0.25) is 0 Å². The van der Waals surface area contributed by atoms with Gasteiger partial charge in [-0.1, -0.05) is 32.0 Å². The number of benzene rings is 1. The molecule has 0 bridgehead atoms. The molecule has 142 valence electrons. The molecule has 2 N–H and O–H groups in total. The maximum absolute atomic E-state index is 13.0. The first-order valence-electron chi connectivity index (χ1n) is 9.03. The molecule has 1 aliphatic rings. The van der Waals surface area contributed by atoms with Gasteiger partial charge in [0.1, 0.15) is 6.04 Å². The molecule has 1 aromatic carbocycles. The summed E-state index contributed by atoms with van der Waals surface area (Å²) in [5.74, 6) is -0.547. The van der Waals surface area contributed by atoms with Crippen LogP contribution < -0.4 is 15.5 Å². The summed E-state index contributed by atoms with van der Waals surface area (Å²) in [5, 5.41) is 5.34. The topological polar surface area (TPSA) is 87.7 Å². The normalized spacial score (nSPS) is 13.9. The van der Waals surface area contributed by atoms with Gasteiger partial charge in [0, 0.05) is 18.8 Å². The van der Waals surface area contributed by atoms with E-state index in [4.69, 9.17) is 4.74 Å². The third kappa shape index (κ3) is 4.97. The molecule has 7 heteroatoms. The van der Waals surface area contributed by atoms with Crippen molar-refractivity contribution in [2.75, 3.05) is 24.6 Å². The fraction of sp³-hybridized carbons (Fsp3) is 0.526. The van der Waals surface area contributed by atoms with E-state index in [1.54, 1.807) is 11.8 Å². The van der Waals surface area contributed by atoms with Crippen LogP contribution in [0, 0.1) is 5.92 Å². The van der Waals surface area contributed by atoms with Gasteiger partial charge in [-0.05, 0) is 30.9 Å². The minimum absolute atomic E-state index is 0.0638. The SMILES string of the molecule is CCOC(=O)CCNC(=O)N[C@H](C(=O)N1CCc2ccccc21)C(C)C. The Balaban J connectivity index is 1.93. The highest BCUT2D eigenvalue weighted by molar-refractivity contribution is 6.00. The Hall–Kier alpha value is -2.57. The van der Waals surface area contributed by atoms with Crippen molar-refractivity contribution in [3.8, 4) is 0 Å². The third-order valence-corrected chi connectivity index (χ3v) is 4.29. The van der Waals surface area contributed by atoms with Gasteiger partial charge in [-0.15, -0.1) is 0 Å². The van der Waals surface area contributed by atoms with E-state index in [-0.39, 0.29) is 30.8 Å². The van der Waals surface area contributed by atoms with Gasteiger partial charge in [0.2, 0.25) is 5.91 Å². The maximum Gasteiger partial charge on any atom is 0.315 e. The number of carbonyl (C=O) groups excluding carboxylic acids is 3. The zero-order valence-electron chi connectivity index (χ0n) is 15.6. The highest BCUT2D eigenvalue weighted by Gasteiger charge is 2.32. The zero-order chi connectivity index (χ0) is 19.1. The van der Waals surface area contributed by atoms with Crippen molar-refractivity contribution in [3.63, 3.8) is 0 Å². The summed E-state index contributed by atoms with van der Waals surface area (Å²) < 4.78 is 4.81. The summed E-state index contributed by atoms with van der Waals surface area (Å²) in [5.41, 5.74) is 2.05. The second-order valence-electron chi connectivity index (χ2n) is 6.55. The average Bonchev–Trinajstić information content (AvgIpc) is 3.03. The first-order valence-corrected chi connectivity index (χ1v) is 9.03. The van der Waals surface area contributed by atoms with Crippen LogP contribution in [0.15, 0.2) is 24.3 Å². The zero-order valence-corrected chi connectivity index (χ0v) is 15.6. The molecule has 1 atom stereocenters. The lowest BCUT2D eigenvalue weighted by molar-refractivity contribution is -0.142. The van der Waals surface area contributed by atoms with Crippen LogP contribution in [0.5, 0.6) is 0 Å². The van der Waals surface area contributed by atoms with E-state index in [9.17, 15) is 14.4 Å². The molecule has 3 amide bonds. The molecule has 26 heavy (non-hydrogen) atoms. The van der Waals surface area contributed by atoms with Gasteiger partial charge in [0.05, 0.1) is 13.0 Å². The summed E-state index contributed by atoms with van der Waals surface area (Å²) in [4.78, 5) is 38.1. The molecule has 0 aliphatic carbocycles. The van der Waals surface area contributed by atoms with Gasteiger partial charge in [-0.2, -0.15) is 0 Å². The van der Waals surface area contributed by atoms with Crippen LogP contribution in [-0.2, 0) is 20.7 Å². The number of anilines is 1. The molecule has 0 saturated heterocycles. The van der Waals surface area contributed by atoms with Crippen molar-refractivity contribution in [1.29, 1.82) is 0 Å². The predicted octanol–water partition coefficient (Wildman–Crippen LogP) is 1.85. The van der Waals surface area contributed by atoms with Crippen LogP contribution in [0.25, 0.3) is 0 Å². The molecule has 0 spiro atoms. The molecular weight excluding hydrogens is 334 g/mol. The van der Waals surface area contributed by atoms with E-state index in [0.29, 0.717) is 13.2 Å². The minimum Gasteiger partial charge on any atom is -0.466 e. The molecule has 1 heterocycles. The van der Waals surface area contributed by atoms with Crippen LogP contribution in [0.4, 0.5) is 10.5 Å². The highest BCUT2D eigenvalue weighted by atomic mass is 16.5. The number of ether oxygens (including phenoxy) is 1. The van der Waals surface area contributed by atoms with Gasteiger partial charge in [0.15, 0.2) is 0 Å². The van der Waals surface area contributed by atoms with Crippen molar-refractivity contribution < 1.29 is 19.1 Å². The number of rotatable bonds is 7. The second kappa shape index (κ2) is 9.22. The molecule has 7 nitrogen and oxygen atoms in total. The lowest BCUT2D eigenvalue weighted by atomic mass is 10.0. The van der Waals surface area contributed by atoms with Crippen molar-refractivity contribution in [1.82, 2.24) is 10.6 Å². The Morgan fingerprint density at radius 3 is 2.65 bits per heavy atom. The molecule has 0 unspecified atom stereocenters. The first kappa shape index (κ1) is 19.8. The number of fused-ring (bicyclic) bond motifs is 1. The largest absolute Gasteiger partial charge is 0.466 e. The van der Waals surface area contributed by atoms with Crippen LogP contribution >= 0.6 is 0 Å². The Morgan fingerprint density at radius 2 is 1.96 bits per heavy atom. The molecule has 0 saturated carbocycles. The highest BCUT2D eigenvalue weighted by Crippen LogP contribution is 2.28. The van der Waals surface area contributed by atoms with Gasteiger partial charge in [-0.3, -0.25) is 9.59 Å². The van der Waals surface area contributed by atoms with Crippen molar-refractivity contribution in [2.24, 2.45) is 5.92 Å². The summed E-state index contributed by atoms with van der Waals surface area (Å²) in [6.07, 6.45) is 0.916. The standard InChI is InChI=1S/C19H27N3O4/c1-4-26-16(23)9-11-20-19(25)21-17(13(2)3)18(24)22-12-10-14-7-5-6-8-15(14)22/h5-8,13,17H,4,9-12H2,1-3H3,(H2,20,21,25)/t17-/m0/s1. The number of esters is 1. The Bertz CT molecular complexity index is 660. The van der Waals surface area contributed by atoms with Crippen molar-refractivity contribution >= 4 is 23.6 Å². The second-order valence-corrected chi connectivity index (χ2v) is 6.55. The van der Waals surface area contributed by atoms with E-state index in [0.717, 1.165) is 17.7 Å². The van der Waals surface area contributed by atoms with Crippen molar-refractivity contribution in [2.45, 2.75) is 39.7 Å². The van der Waals surface area contributed by atoms with E-state index < -0.39 is 12.1 Å². The molecule has 1 aliphatic heterocycles. The van der Waals surface area contributed by atoms with Crippen LogP contribution in [-0.4, -0.2) is 43.6 Å². The minimum atomic E-state index is -0.635. The van der Waals surface area contributed by atoms with E-state index in [2.05, 4.69) is 10.6 Å². The van der Waals surface area contributed by atoms with E-state index in [1.165, 1.54) is 0 Å². The predicted molar refractivity (Wildman–Crippen MR) is 98.9 cm³/mol. The third-order valence-electron chi connectivity index (χ3n) is 4.29. The molecule has 0 aromatic heterocycles. The fourth-order valence-electron chi connectivity index (χ4n) is 2.95. The number of hydrogen-bond acceptors (Lipinski definition) is 4. The van der Waals surface area contributed by atoms with Crippen molar-refractivity contribution in [3.05, 3.63) is 29.8 Å². The van der Waals surface area contributed by atoms with Crippen LogP contribution in [0.1, 0.15) is 32.8 Å². The summed E-state index contributed by atoms with van der Waals surface area (Å²) >= 11 is 0. The number of carbonyl (C=O) groups is 3. The molecule has 0 fully saturated rings. The number of nitrogens with one attached hydrogen (secondary N) is 2. The monoisotopic (exact) mass is 361 g/mol. The van der Waals surface area contributed by atoms with Gasteiger partial charge in [-0.25, -0.2) is 4.79 Å². The van der Waals surface area contributed by atoms with Crippen LogP contribution in [0.3, 0.4) is 0 Å². The Kier molecular flexibility index (Phi) is 7.00. The molecule has 1 aromatic rings. The van der Waals surface area contributed by atoms with E-state index >= 15 is 0 Å². The number of nitrogens with zero attached hydrogens (tertiary/aromatic N) is 1. The maximum atomic E-state index is 13.0. The molecule has 2 rings (SSSR count). The summed E-state index contributed by atoms with van der Waals surface area (Å²) in [7, 11) is 0. The summed E-state index contributed by atoms with van der Waals surface area (Å²) in [6.45, 7) is 6.61. The average molecular weight is 361 g/mol. The van der Waals surface area contributed by atoms with Gasteiger partial charge in [0.25, 0.3) is 0 Å². The number of hydrogen-bond donors (Lipinski definition) is 2. The quantitative estimate of drug-likeness (QED) is 0.726. The van der Waals surface area contributed by atoms with E-state index in [1.807, 2.05) is 38.1 Å².